The van der Waals surface area contributed by atoms with E-state index in [1.807, 2.05) is 48.5 Å². The number of aromatic nitrogens is 8. The number of methoxy groups -OCH3 is 2. The number of carbonyl (C=O) groups excluding carboxylic acids is 1. The Morgan fingerprint density at radius 1 is 0.974 bits per heavy atom. The van der Waals surface area contributed by atoms with Crippen molar-refractivity contribution in [3.05, 3.63) is 80.8 Å². The Hall–Kier alpha value is -4.91. The number of aromatic amines is 1. The van der Waals surface area contributed by atoms with E-state index in [2.05, 4.69) is 25.6 Å². The Kier molecular flexibility index (Phi) is 7.14. The fourth-order valence-electron chi connectivity index (χ4n) is 4.49. The number of nitrogens with zero attached hydrogens (tertiary/aromatic N) is 7. The van der Waals surface area contributed by atoms with Crippen LogP contribution in [0.5, 0.6) is 0 Å². The summed E-state index contributed by atoms with van der Waals surface area (Å²) in [6, 6.07) is 15.6. The maximum absolute atomic E-state index is 13.5. The third kappa shape index (κ3) is 4.86. The van der Waals surface area contributed by atoms with Crippen LogP contribution in [-0.4, -0.2) is 66.1 Å². The second kappa shape index (κ2) is 10.8. The highest BCUT2D eigenvalue weighted by Crippen LogP contribution is 2.30. The molecular weight excluding hydrogens is 504 g/mol. The molecule has 0 saturated heterocycles. The average Bonchev–Trinajstić information content (AvgIpc) is 3.60. The van der Waals surface area contributed by atoms with Gasteiger partial charge in [-0.15, -0.1) is 10.2 Å². The molecule has 0 radical (unpaired) electrons. The molecule has 39 heavy (non-hydrogen) atoms. The molecule has 0 aliphatic carbocycles. The van der Waals surface area contributed by atoms with Crippen LogP contribution in [0.3, 0.4) is 0 Å². The molecule has 0 atom stereocenters. The van der Waals surface area contributed by atoms with Crippen molar-refractivity contribution in [2.45, 2.75) is 26.6 Å². The van der Waals surface area contributed by atoms with Gasteiger partial charge in [-0.3, -0.25) is 18.7 Å². The van der Waals surface area contributed by atoms with Gasteiger partial charge in [0, 0.05) is 19.2 Å². The van der Waals surface area contributed by atoms with Gasteiger partial charge in [0.05, 0.1) is 20.3 Å². The number of fused-ring (bicyclic) bond motifs is 1. The van der Waals surface area contributed by atoms with E-state index in [0.29, 0.717) is 18.2 Å². The van der Waals surface area contributed by atoms with Gasteiger partial charge in [0.25, 0.3) is 5.56 Å². The highest BCUT2D eigenvalue weighted by atomic mass is 16.5. The van der Waals surface area contributed by atoms with Crippen LogP contribution in [-0.2, 0) is 33.9 Å². The average molecular weight is 531 g/mol. The van der Waals surface area contributed by atoms with Crippen LogP contribution in [0.25, 0.3) is 33.7 Å². The minimum absolute atomic E-state index is 0.0317. The molecule has 0 saturated carbocycles. The first-order chi connectivity index (χ1) is 18.9. The van der Waals surface area contributed by atoms with Gasteiger partial charge < -0.3 is 14.0 Å². The lowest BCUT2D eigenvalue weighted by Crippen LogP contribution is -2.42. The van der Waals surface area contributed by atoms with Gasteiger partial charge in [-0.2, -0.15) is 5.21 Å². The molecule has 0 amide bonds. The number of rotatable bonds is 9. The van der Waals surface area contributed by atoms with Gasteiger partial charge in [-0.05, 0) is 28.8 Å². The number of aryl methyl sites for hydroxylation is 1. The Bertz CT molecular complexity index is 1750. The van der Waals surface area contributed by atoms with Crippen LogP contribution in [0.4, 0.5) is 0 Å². The summed E-state index contributed by atoms with van der Waals surface area (Å²) in [5.74, 6) is 0.397. The van der Waals surface area contributed by atoms with Gasteiger partial charge in [0.1, 0.15) is 12.4 Å². The van der Waals surface area contributed by atoms with Crippen LogP contribution in [0.1, 0.15) is 11.4 Å². The standard InChI is InChI=1S/C26H26N8O5/c1-16-27-24-22(25(36)32(12-13-38-2)26(37)34(24)15-21(35)39-3)33(16)14-17-8-10-18(11-9-17)19-6-4-5-7-20(19)23-28-30-31-29-23/h4-11H,12-15H2,1-3H3,(H,28,29,30,31). The molecule has 0 unspecified atom stereocenters. The SMILES string of the molecule is COCCn1c(=O)c2c(nc(C)n2Cc2ccc(-c3ccccc3-c3nn[nH]n3)cc2)n(CC(=O)OC)c1=O. The Morgan fingerprint density at radius 3 is 2.38 bits per heavy atom. The number of carbonyl (C=O) groups is 1. The maximum Gasteiger partial charge on any atom is 0.333 e. The third-order valence-corrected chi connectivity index (χ3v) is 6.46. The largest absolute Gasteiger partial charge is 0.468 e. The molecule has 0 spiro atoms. The van der Waals surface area contributed by atoms with E-state index in [-0.39, 0.29) is 30.9 Å². The monoisotopic (exact) mass is 530 g/mol. The first kappa shape index (κ1) is 25.7. The smallest absolute Gasteiger partial charge is 0.333 e. The normalized spacial score (nSPS) is 11.3. The Morgan fingerprint density at radius 2 is 1.72 bits per heavy atom. The molecule has 1 N–H and O–H groups in total. The van der Waals surface area contributed by atoms with Crippen molar-refractivity contribution < 1.29 is 14.3 Å². The molecule has 5 aromatic rings. The van der Waals surface area contributed by atoms with Crippen molar-refractivity contribution in [1.82, 2.24) is 39.3 Å². The summed E-state index contributed by atoms with van der Waals surface area (Å²) >= 11 is 0. The second-order valence-corrected chi connectivity index (χ2v) is 8.79. The summed E-state index contributed by atoms with van der Waals surface area (Å²) < 4.78 is 13.8. The van der Waals surface area contributed by atoms with E-state index in [9.17, 15) is 14.4 Å². The van der Waals surface area contributed by atoms with Crippen LogP contribution in [0.15, 0.2) is 58.1 Å². The highest BCUT2D eigenvalue weighted by Gasteiger charge is 2.22. The van der Waals surface area contributed by atoms with E-state index in [1.165, 1.54) is 18.8 Å². The number of tetrazole rings is 1. The first-order valence-electron chi connectivity index (χ1n) is 12.1. The lowest BCUT2D eigenvalue weighted by molar-refractivity contribution is -0.141. The van der Waals surface area contributed by atoms with Crippen LogP contribution >= 0.6 is 0 Å². The molecule has 13 heteroatoms. The quantitative estimate of drug-likeness (QED) is 0.279. The first-order valence-corrected chi connectivity index (χ1v) is 12.1. The van der Waals surface area contributed by atoms with E-state index < -0.39 is 17.2 Å². The van der Waals surface area contributed by atoms with Crippen molar-refractivity contribution in [2.24, 2.45) is 0 Å². The predicted octanol–water partition coefficient (Wildman–Crippen LogP) is 1.38. The van der Waals surface area contributed by atoms with Crippen LogP contribution in [0, 0.1) is 6.92 Å². The summed E-state index contributed by atoms with van der Waals surface area (Å²) in [4.78, 5) is 43.2. The zero-order chi connectivity index (χ0) is 27.5. The number of hydrogen-bond donors (Lipinski definition) is 1. The molecular formula is C26H26N8O5. The van der Waals surface area contributed by atoms with E-state index in [0.717, 1.165) is 26.8 Å². The van der Waals surface area contributed by atoms with Crippen molar-refractivity contribution in [1.29, 1.82) is 0 Å². The molecule has 2 aromatic carbocycles. The van der Waals surface area contributed by atoms with Crippen molar-refractivity contribution >= 4 is 17.1 Å². The molecule has 5 rings (SSSR count). The molecule has 3 heterocycles. The molecule has 3 aromatic heterocycles. The molecule has 0 aliphatic rings. The van der Waals surface area contributed by atoms with Gasteiger partial charge in [-0.1, -0.05) is 48.5 Å². The number of nitrogens with one attached hydrogen (secondary N) is 1. The Labute approximate surface area is 221 Å². The molecule has 0 fully saturated rings. The number of esters is 1. The third-order valence-electron chi connectivity index (χ3n) is 6.46. The summed E-state index contributed by atoms with van der Waals surface area (Å²) in [6.45, 7) is 1.89. The van der Waals surface area contributed by atoms with E-state index >= 15 is 0 Å². The van der Waals surface area contributed by atoms with Gasteiger partial charge >= 0.3 is 11.7 Å². The summed E-state index contributed by atoms with van der Waals surface area (Å²) in [7, 11) is 2.72. The zero-order valence-electron chi connectivity index (χ0n) is 21.6. The number of imidazole rings is 1. The molecule has 0 bridgehead atoms. The topological polar surface area (TPSA) is 152 Å². The van der Waals surface area contributed by atoms with Gasteiger partial charge in [0.15, 0.2) is 11.2 Å². The molecule has 13 nitrogen and oxygen atoms in total. The second-order valence-electron chi connectivity index (χ2n) is 8.79. The minimum atomic E-state index is -0.649. The summed E-state index contributed by atoms with van der Waals surface area (Å²) in [6.07, 6.45) is 0. The molecule has 200 valence electrons. The fourth-order valence-corrected chi connectivity index (χ4v) is 4.49. The maximum atomic E-state index is 13.5. The van der Waals surface area contributed by atoms with Crippen molar-refractivity contribution in [3.8, 4) is 22.5 Å². The highest BCUT2D eigenvalue weighted by molar-refractivity contribution is 5.80. The molecule has 0 aliphatic heterocycles. The van der Waals surface area contributed by atoms with Crippen molar-refractivity contribution in [3.63, 3.8) is 0 Å². The lowest BCUT2D eigenvalue weighted by atomic mass is 9.98. The number of H-pyrrole nitrogens is 1. The number of ether oxygens (including phenoxy) is 2. The summed E-state index contributed by atoms with van der Waals surface area (Å²) in [5, 5.41) is 14.3. The number of benzene rings is 2. The van der Waals surface area contributed by atoms with Crippen molar-refractivity contribution in [2.75, 3.05) is 20.8 Å². The lowest BCUT2D eigenvalue weighted by Gasteiger charge is -2.12. The number of hydrogen-bond acceptors (Lipinski definition) is 9. The fraction of sp³-hybridized carbons (Fsp3) is 0.269. The zero-order valence-corrected chi connectivity index (χ0v) is 21.6. The van der Waals surface area contributed by atoms with E-state index in [1.54, 1.807) is 11.5 Å². The summed E-state index contributed by atoms with van der Waals surface area (Å²) in [5.41, 5.74) is 2.86. The Balaban J connectivity index is 1.56. The van der Waals surface area contributed by atoms with Crippen LogP contribution in [0.2, 0.25) is 0 Å². The van der Waals surface area contributed by atoms with Gasteiger partial charge in [-0.25, -0.2) is 9.78 Å². The van der Waals surface area contributed by atoms with E-state index in [4.69, 9.17) is 9.47 Å². The predicted molar refractivity (Wildman–Crippen MR) is 141 cm³/mol. The van der Waals surface area contributed by atoms with Crippen LogP contribution < -0.4 is 11.2 Å². The van der Waals surface area contributed by atoms with Gasteiger partial charge in [0.2, 0.25) is 5.82 Å². The minimum Gasteiger partial charge on any atom is -0.468 e.